The third kappa shape index (κ3) is 1.22. The van der Waals surface area contributed by atoms with E-state index in [1.165, 1.54) is 0 Å². The molecule has 3 aliphatic heterocycles. The summed E-state index contributed by atoms with van der Waals surface area (Å²) in [5, 5.41) is 9.44. The number of fused-ring (bicyclic) bond motifs is 3. The van der Waals surface area contributed by atoms with Crippen molar-refractivity contribution in [2.75, 3.05) is 0 Å². The van der Waals surface area contributed by atoms with Crippen molar-refractivity contribution in [3.8, 4) is 0 Å². The van der Waals surface area contributed by atoms with Gasteiger partial charge in [0.15, 0.2) is 30.4 Å². The van der Waals surface area contributed by atoms with Crippen molar-refractivity contribution >= 4 is 5.97 Å². The van der Waals surface area contributed by atoms with Crippen LogP contribution in [-0.2, 0) is 23.7 Å². The maximum Gasteiger partial charge on any atom is 0.338 e. The number of hydrogen-bond acceptors (Lipinski definition) is 6. The van der Waals surface area contributed by atoms with Gasteiger partial charge in [-0.2, -0.15) is 0 Å². The van der Waals surface area contributed by atoms with Crippen LogP contribution in [0.3, 0.4) is 0 Å². The first-order valence-electron chi connectivity index (χ1n) is 4.88. The molecule has 6 nitrogen and oxygen atoms in total. The second-order valence-corrected chi connectivity index (χ2v) is 4.42. The van der Waals surface area contributed by atoms with Gasteiger partial charge in [0.25, 0.3) is 0 Å². The summed E-state index contributed by atoms with van der Waals surface area (Å²) in [6, 6.07) is 0. The molecule has 5 atom stereocenters. The number of hydrogen-bond donors (Lipinski definition) is 1. The van der Waals surface area contributed by atoms with E-state index in [1.807, 2.05) is 0 Å². The number of carbonyl (C=O) groups is 1. The fourth-order valence-electron chi connectivity index (χ4n) is 2.23. The van der Waals surface area contributed by atoms with Gasteiger partial charge < -0.3 is 24.1 Å². The van der Waals surface area contributed by atoms with Gasteiger partial charge in [-0.15, -0.1) is 0 Å². The Morgan fingerprint density at radius 2 is 1.93 bits per heavy atom. The van der Waals surface area contributed by atoms with Gasteiger partial charge in [0.05, 0.1) is 0 Å². The van der Waals surface area contributed by atoms with Gasteiger partial charge in [-0.05, 0) is 13.8 Å². The molecule has 15 heavy (non-hydrogen) atoms. The highest BCUT2D eigenvalue weighted by Crippen LogP contribution is 2.42. The van der Waals surface area contributed by atoms with E-state index in [-0.39, 0.29) is 0 Å². The van der Waals surface area contributed by atoms with Crippen molar-refractivity contribution in [2.24, 2.45) is 0 Å². The lowest BCUT2D eigenvalue weighted by molar-refractivity contribution is -0.214. The molecule has 3 saturated heterocycles. The van der Waals surface area contributed by atoms with Crippen molar-refractivity contribution < 1.29 is 28.8 Å². The van der Waals surface area contributed by atoms with E-state index >= 15 is 0 Å². The molecule has 0 bridgehead atoms. The quantitative estimate of drug-likeness (QED) is 0.532. The average molecular weight is 216 g/mol. The minimum Gasteiger partial charge on any atom is -0.454 e. The van der Waals surface area contributed by atoms with Gasteiger partial charge >= 0.3 is 5.97 Å². The van der Waals surface area contributed by atoms with Crippen molar-refractivity contribution in [3.63, 3.8) is 0 Å². The lowest BCUT2D eigenvalue weighted by Crippen LogP contribution is -2.35. The van der Waals surface area contributed by atoms with Crippen LogP contribution < -0.4 is 0 Å². The van der Waals surface area contributed by atoms with Crippen molar-refractivity contribution in [1.82, 2.24) is 0 Å². The summed E-state index contributed by atoms with van der Waals surface area (Å²) < 4.78 is 21.4. The largest absolute Gasteiger partial charge is 0.454 e. The molecule has 0 amide bonds. The smallest absolute Gasteiger partial charge is 0.338 e. The first-order valence-corrected chi connectivity index (χ1v) is 4.88. The molecule has 0 aliphatic carbocycles. The van der Waals surface area contributed by atoms with E-state index in [2.05, 4.69) is 0 Å². The molecule has 0 aromatic rings. The maximum absolute atomic E-state index is 11.1. The molecule has 0 aromatic heterocycles. The van der Waals surface area contributed by atoms with Crippen molar-refractivity contribution in [2.45, 2.75) is 50.3 Å². The van der Waals surface area contributed by atoms with Gasteiger partial charge in [-0.25, -0.2) is 4.79 Å². The molecule has 3 fully saturated rings. The molecule has 1 N–H and O–H groups in total. The molecular weight excluding hydrogens is 204 g/mol. The number of aliphatic hydroxyl groups is 1. The molecular formula is C9H12O6. The van der Waals surface area contributed by atoms with Crippen LogP contribution >= 0.6 is 0 Å². The predicted molar refractivity (Wildman–Crippen MR) is 44.6 cm³/mol. The summed E-state index contributed by atoms with van der Waals surface area (Å²) in [4.78, 5) is 11.1. The fourth-order valence-corrected chi connectivity index (χ4v) is 2.23. The highest BCUT2D eigenvalue weighted by Gasteiger charge is 2.62. The highest BCUT2D eigenvalue weighted by atomic mass is 16.8. The Hall–Kier alpha value is -0.690. The van der Waals surface area contributed by atoms with Crippen molar-refractivity contribution in [1.29, 1.82) is 0 Å². The molecule has 3 unspecified atom stereocenters. The summed E-state index contributed by atoms with van der Waals surface area (Å²) in [6.07, 6.45) is -3.44. The van der Waals surface area contributed by atoms with E-state index in [4.69, 9.17) is 18.9 Å². The molecule has 3 aliphatic rings. The van der Waals surface area contributed by atoms with Crippen LogP contribution in [-0.4, -0.2) is 47.6 Å². The summed E-state index contributed by atoms with van der Waals surface area (Å²) in [7, 11) is 0. The first-order chi connectivity index (χ1) is 6.98. The van der Waals surface area contributed by atoms with Gasteiger partial charge in [-0.3, -0.25) is 0 Å². The van der Waals surface area contributed by atoms with Crippen LogP contribution in [0, 0.1) is 0 Å². The number of rotatable bonds is 0. The molecule has 6 heteroatoms. The summed E-state index contributed by atoms with van der Waals surface area (Å²) in [5.74, 6) is -1.39. The standard InChI is InChI=1S/C9H12O6/c1-9(2)14-6-5-4(13-8(6)15-9)3(10)7(11)12-5/h3-6,8,10H,1-2H3/t3?,4-,5?,6?,8+/m1/s1. The molecule has 3 rings (SSSR count). The number of carbonyl (C=O) groups excluding carboxylic acids is 1. The van der Waals surface area contributed by atoms with E-state index in [0.717, 1.165) is 0 Å². The second kappa shape index (κ2) is 2.70. The molecule has 0 spiro atoms. The Balaban J connectivity index is 1.83. The molecule has 0 aromatic carbocycles. The molecule has 84 valence electrons. The molecule has 0 radical (unpaired) electrons. The maximum atomic E-state index is 11.1. The van der Waals surface area contributed by atoms with Gasteiger partial charge in [0, 0.05) is 0 Å². The zero-order valence-electron chi connectivity index (χ0n) is 8.38. The Morgan fingerprint density at radius 3 is 2.67 bits per heavy atom. The first kappa shape index (κ1) is 9.53. The van der Waals surface area contributed by atoms with Crippen LogP contribution in [0.5, 0.6) is 0 Å². The highest BCUT2D eigenvalue weighted by molar-refractivity contribution is 5.78. The fraction of sp³-hybridized carbons (Fsp3) is 0.889. The minimum absolute atomic E-state index is 0.439. The Bertz CT molecular complexity index is 314. The summed E-state index contributed by atoms with van der Waals surface area (Å²) in [6.45, 7) is 3.52. The van der Waals surface area contributed by atoms with Gasteiger partial charge in [0.2, 0.25) is 0 Å². The third-order valence-corrected chi connectivity index (χ3v) is 2.83. The predicted octanol–water partition coefficient (Wildman–Crippen LogP) is -0.851. The SMILES string of the molecule is CC1(C)OC2C3OC(=O)C(O)[C@H]3O[C@H]2O1. The Labute approximate surface area is 86.1 Å². The van der Waals surface area contributed by atoms with Crippen molar-refractivity contribution in [3.05, 3.63) is 0 Å². The van der Waals surface area contributed by atoms with Crippen LogP contribution in [0.2, 0.25) is 0 Å². The van der Waals surface area contributed by atoms with Crippen LogP contribution in [0.4, 0.5) is 0 Å². The van der Waals surface area contributed by atoms with E-state index in [0.29, 0.717) is 0 Å². The summed E-state index contributed by atoms with van der Waals surface area (Å²) >= 11 is 0. The monoisotopic (exact) mass is 216 g/mol. The lowest BCUT2D eigenvalue weighted by Gasteiger charge is -2.20. The van der Waals surface area contributed by atoms with Crippen LogP contribution in [0.15, 0.2) is 0 Å². The second-order valence-electron chi connectivity index (χ2n) is 4.42. The normalized spacial score (nSPS) is 51.4. The van der Waals surface area contributed by atoms with Crippen LogP contribution in [0.1, 0.15) is 13.8 Å². The van der Waals surface area contributed by atoms with E-state index in [1.54, 1.807) is 13.8 Å². The minimum atomic E-state index is -1.23. The van der Waals surface area contributed by atoms with Crippen LogP contribution in [0.25, 0.3) is 0 Å². The van der Waals surface area contributed by atoms with Gasteiger partial charge in [-0.1, -0.05) is 0 Å². The third-order valence-electron chi connectivity index (χ3n) is 2.83. The molecule has 3 heterocycles. The number of aliphatic hydroxyl groups excluding tert-OH is 1. The zero-order valence-corrected chi connectivity index (χ0v) is 8.38. The molecule has 0 saturated carbocycles. The summed E-state index contributed by atoms with van der Waals surface area (Å²) in [5.41, 5.74) is 0. The number of esters is 1. The van der Waals surface area contributed by atoms with Gasteiger partial charge in [0.1, 0.15) is 6.10 Å². The zero-order chi connectivity index (χ0) is 10.8. The van der Waals surface area contributed by atoms with E-state index < -0.39 is 42.5 Å². The Morgan fingerprint density at radius 1 is 1.20 bits per heavy atom. The Kier molecular flexibility index (Phi) is 1.72. The lowest BCUT2D eigenvalue weighted by atomic mass is 10.1. The van der Waals surface area contributed by atoms with E-state index in [9.17, 15) is 9.90 Å². The number of ether oxygens (including phenoxy) is 4. The average Bonchev–Trinajstić information content (AvgIpc) is 2.66. The topological polar surface area (TPSA) is 74.2 Å².